The summed E-state index contributed by atoms with van der Waals surface area (Å²) >= 11 is 0. The average Bonchev–Trinajstić information content (AvgIpc) is 3.09. The van der Waals surface area contributed by atoms with Crippen LogP contribution in [0.1, 0.15) is 16.1 Å². The Bertz CT molecular complexity index is 890. The third-order valence-electron chi connectivity index (χ3n) is 3.47. The van der Waals surface area contributed by atoms with Crippen molar-refractivity contribution >= 4 is 11.7 Å². The second kappa shape index (κ2) is 7.04. The molecular formula is C18H15FN2O4. The molecule has 3 aromatic rings. The maximum absolute atomic E-state index is 13.0. The highest BCUT2D eigenvalue weighted by atomic mass is 19.1. The van der Waals surface area contributed by atoms with Crippen molar-refractivity contribution in [3.8, 4) is 17.2 Å². The molecule has 2 N–H and O–H groups in total. The lowest BCUT2D eigenvalue weighted by atomic mass is 10.2. The van der Waals surface area contributed by atoms with Crippen LogP contribution >= 0.6 is 0 Å². The summed E-state index contributed by atoms with van der Waals surface area (Å²) in [6.07, 6.45) is 1.40. The van der Waals surface area contributed by atoms with Crippen molar-refractivity contribution in [3.05, 3.63) is 65.8 Å². The Hall–Kier alpha value is -3.35. The number of oxazole rings is 1. The number of hydrogen-bond acceptors (Lipinski definition) is 6. The fourth-order valence-corrected chi connectivity index (χ4v) is 2.18. The fourth-order valence-electron chi connectivity index (χ4n) is 2.18. The van der Waals surface area contributed by atoms with Crippen molar-refractivity contribution in [3.63, 3.8) is 0 Å². The molecule has 0 aliphatic heterocycles. The number of anilines is 1. The second-order valence-electron chi connectivity index (χ2n) is 5.18. The molecule has 0 radical (unpaired) electrons. The first kappa shape index (κ1) is 16.5. The zero-order valence-electron chi connectivity index (χ0n) is 13.4. The molecule has 7 heteroatoms. The number of ether oxygens (including phenoxy) is 2. The predicted molar refractivity (Wildman–Crippen MR) is 88.4 cm³/mol. The minimum absolute atomic E-state index is 0.0177. The Morgan fingerprint density at radius 1 is 1.24 bits per heavy atom. The van der Waals surface area contributed by atoms with Crippen LogP contribution < -0.4 is 10.5 Å². The molecule has 25 heavy (non-hydrogen) atoms. The van der Waals surface area contributed by atoms with Gasteiger partial charge in [-0.1, -0.05) is 0 Å². The van der Waals surface area contributed by atoms with Crippen LogP contribution in [0.4, 0.5) is 10.1 Å². The largest absolute Gasteiger partial charge is 0.497 e. The van der Waals surface area contributed by atoms with E-state index in [1.807, 2.05) is 0 Å². The van der Waals surface area contributed by atoms with Gasteiger partial charge in [0, 0.05) is 11.3 Å². The molecular weight excluding hydrogens is 327 g/mol. The Labute approximate surface area is 143 Å². The lowest BCUT2D eigenvalue weighted by molar-refractivity contribution is 0.0469. The standard InChI is InChI=1S/C18H15FN2O4/c1-23-14-5-2-11(3-6-14)17-21-13(9-24-17)10-25-18(22)15-7-4-12(19)8-16(15)20/h2-9H,10,20H2,1H3. The smallest absolute Gasteiger partial charge is 0.340 e. The molecule has 3 rings (SSSR count). The third-order valence-corrected chi connectivity index (χ3v) is 3.47. The normalized spacial score (nSPS) is 10.5. The van der Waals surface area contributed by atoms with Gasteiger partial charge in [0.1, 0.15) is 30.1 Å². The molecule has 128 valence electrons. The van der Waals surface area contributed by atoms with E-state index in [0.717, 1.165) is 23.4 Å². The van der Waals surface area contributed by atoms with Crippen molar-refractivity contribution in [1.82, 2.24) is 4.98 Å². The van der Waals surface area contributed by atoms with Crippen LogP contribution in [0.25, 0.3) is 11.5 Å². The van der Waals surface area contributed by atoms with E-state index in [1.165, 1.54) is 12.3 Å². The van der Waals surface area contributed by atoms with Crippen LogP contribution in [0.3, 0.4) is 0 Å². The fraction of sp³-hybridized carbons (Fsp3) is 0.111. The van der Waals surface area contributed by atoms with Gasteiger partial charge in [-0.05, 0) is 42.5 Å². The molecule has 1 aromatic heterocycles. The van der Waals surface area contributed by atoms with Gasteiger partial charge in [-0.25, -0.2) is 14.2 Å². The zero-order chi connectivity index (χ0) is 17.8. The number of nitrogens with two attached hydrogens (primary N) is 1. The summed E-state index contributed by atoms with van der Waals surface area (Å²) in [5.74, 6) is -0.0578. The van der Waals surface area contributed by atoms with Crippen molar-refractivity contribution in [2.45, 2.75) is 6.61 Å². The molecule has 0 atom stereocenters. The summed E-state index contributed by atoms with van der Waals surface area (Å²) in [5, 5.41) is 0. The highest BCUT2D eigenvalue weighted by molar-refractivity contribution is 5.94. The number of esters is 1. The minimum Gasteiger partial charge on any atom is -0.497 e. The van der Waals surface area contributed by atoms with Gasteiger partial charge in [-0.15, -0.1) is 0 Å². The molecule has 0 saturated heterocycles. The number of halogens is 1. The predicted octanol–water partition coefficient (Wildman–Crippen LogP) is 3.43. The molecule has 0 bridgehead atoms. The van der Waals surface area contributed by atoms with Crippen LogP contribution in [-0.4, -0.2) is 18.1 Å². The van der Waals surface area contributed by atoms with Gasteiger partial charge in [-0.2, -0.15) is 0 Å². The summed E-state index contributed by atoms with van der Waals surface area (Å²) in [7, 11) is 1.58. The van der Waals surface area contributed by atoms with Gasteiger partial charge >= 0.3 is 5.97 Å². The van der Waals surface area contributed by atoms with E-state index in [0.29, 0.717) is 11.6 Å². The number of rotatable bonds is 5. The van der Waals surface area contributed by atoms with Gasteiger partial charge in [-0.3, -0.25) is 0 Å². The van der Waals surface area contributed by atoms with E-state index in [1.54, 1.807) is 31.4 Å². The summed E-state index contributed by atoms with van der Waals surface area (Å²) in [6.45, 7) is -0.0880. The monoisotopic (exact) mass is 342 g/mol. The van der Waals surface area contributed by atoms with Gasteiger partial charge in [0.2, 0.25) is 5.89 Å². The molecule has 0 aliphatic rings. The Morgan fingerprint density at radius 2 is 2.00 bits per heavy atom. The number of hydrogen-bond donors (Lipinski definition) is 1. The van der Waals surface area contributed by atoms with Gasteiger partial charge < -0.3 is 19.6 Å². The maximum Gasteiger partial charge on any atom is 0.340 e. The third kappa shape index (κ3) is 3.77. The molecule has 0 saturated carbocycles. The molecule has 2 aromatic carbocycles. The van der Waals surface area contributed by atoms with Crippen LogP contribution in [-0.2, 0) is 11.3 Å². The first-order valence-corrected chi connectivity index (χ1v) is 7.38. The zero-order valence-corrected chi connectivity index (χ0v) is 13.4. The van der Waals surface area contributed by atoms with Gasteiger partial charge in [0.15, 0.2) is 0 Å². The molecule has 0 spiro atoms. The molecule has 0 amide bonds. The molecule has 0 aliphatic carbocycles. The van der Waals surface area contributed by atoms with Crippen molar-refractivity contribution in [1.29, 1.82) is 0 Å². The van der Waals surface area contributed by atoms with Crippen LogP contribution in [0, 0.1) is 5.82 Å². The highest BCUT2D eigenvalue weighted by Crippen LogP contribution is 2.22. The lowest BCUT2D eigenvalue weighted by Gasteiger charge is -2.05. The number of carbonyl (C=O) groups excluding carboxylic acids is 1. The Morgan fingerprint density at radius 3 is 2.68 bits per heavy atom. The van der Waals surface area contributed by atoms with Crippen LogP contribution in [0.5, 0.6) is 5.75 Å². The van der Waals surface area contributed by atoms with Crippen LogP contribution in [0.2, 0.25) is 0 Å². The maximum atomic E-state index is 13.0. The van der Waals surface area contributed by atoms with E-state index < -0.39 is 11.8 Å². The summed E-state index contributed by atoms with van der Waals surface area (Å²) < 4.78 is 28.6. The summed E-state index contributed by atoms with van der Waals surface area (Å²) in [5.41, 5.74) is 6.93. The van der Waals surface area contributed by atoms with Crippen LogP contribution in [0.15, 0.2) is 53.1 Å². The van der Waals surface area contributed by atoms with E-state index in [-0.39, 0.29) is 17.9 Å². The molecule has 1 heterocycles. The van der Waals surface area contributed by atoms with E-state index in [9.17, 15) is 9.18 Å². The van der Waals surface area contributed by atoms with Gasteiger partial charge in [0.05, 0.1) is 12.7 Å². The first-order valence-electron chi connectivity index (χ1n) is 7.38. The Balaban J connectivity index is 1.66. The number of methoxy groups -OCH3 is 1. The number of nitrogen functional groups attached to an aromatic ring is 1. The first-order chi connectivity index (χ1) is 12.1. The SMILES string of the molecule is COc1ccc(-c2nc(COC(=O)c3ccc(F)cc3N)co2)cc1. The minimum atomic E-state index is -0.661. The molecule has 6 nitrogen and oxygen atoms in total. The second-order valence-corrected chi connectivity index (χ2v) is 5.18. The number of nitrogens with zero attached hydrogens (tertiary/aromatic N) is 1. The average molecular weight is 342 g/mol. The van der Waals surface area contributed by atoms with Crippen molar-refractivity contribution in [2.24, 2.45) is 0 Å². The van der Waals surface area contributed by atoms with E-state index in [2.05, 4.69) is 4.98 Å². The van der Waals surface area contributed by atoms with Crippen molar-refractivity contribution < 1.29 is 23.1 Å². The topological polar surface area (TPSA) is 87.6 Å². The molecule has 0 unspecified atom stereocenters. The Kier molecular flexibility index (Phi) is 4.65. The van der Waals surface area contributed by atoms with Crippen molar-refractivity contribution in [2.75, 3.05) is 12.8 Å². The van der Waals surface area contributed by atoms with E-state index in [4.69, 9.17) is 19.6 Å². The highest BCUT2D eigenvalue weighted by Gasteiger charge is 2.14. The number of aromatic nitrogens is 1. The molecule has 0 fully saturated rings. The quantitative estimate of drug-likeness (QED) is 0.564. The summed E-state index contributed by atoms with van der Waals surface area (Å²) in [4.78, 5) is 16.3. The van der Waals surface area contributed by atoms with E-state index >= 15 is 0 Å². The lowest BCUT2D eigenvalue weighted by Crippen LogP contribution is -2.08. The van der Waals surface area contributed by atoms with Gasteiger partial charge in [0.25, 0.3) is 0 Å². The summed E-state index contributed by atoms with van der Waals surface area (Å²) in [6, 6.07) is 10.7. The number of carbonyl (C=O) groups is 1. The number of benzene rings is 2.